The van der Waals surface area contributed by atoms with E-state index in [2.05, 4.69) is 5.32 Å². The summed E-state index contributed by atoms with van der Waals surface area (Å²) in [5, 5.41) is 3.41. The minimum absolute atomic E-state index is 0.0914. The van der Waals surface area contributed by atoms with E-state index in [9.17, 15) is 9.59 Å². The summed E-state index contributed by atoms with van der Waals surface area (Å²) >= 11 is 12.4. The number of halogens is 2. The van der Waals surface area contributed by atoms with Gasteiger partial charge in [-0.15, -0.1) is 0 Å². The second-order valence-electron chi connectivity index (χ2n) is 5.80. The van der Waals surface area contributed by atoms with Crippen LogP contribution in [0.15, 0.2) is 29.5 Å². The van der Waals surface area contributed by atoms with Crippen molar-refractivity contribution in [3.63, 3.8) is 0 Å². The van der Waals surface area contributed by atoms with Gasteiger partial charge in [0.1, 0.15) is 6.61 Å². The number of carbonyl (C=O) groups excluding carboxylic acids is 2. The first-order valence-electron chi connectivity index (χ1n) is 8.30. The first-order valence-corrected chi connectivity index (χ1v) is 9.05. The van der Waals surface area contributed by atoms with Crippen LogP contribution in [0.3, 0.4) is 0 Å². The highest BCUT2D eigenvalue weighted by atomic mass is 35.5. The van der Waals surface area contributed by atoms with Gasteiger partial charge in [-0.1, -0.05) is 35.3 Å². The van der Waals surface area contributed by atoms with E-state index in [1.807, 2.05) is 0 Å². The number of benzene rings is 1. The van der Waals surface area contributed by atoms with Gasteiger partial charge in [-0.2, -0.15) is 0 Å². The Bertz CT molecular complexity index is 738. The Kier molecular flexibility index (Phi) is 7.91. The van der Waals surface area contributed by atoms with Gasteiger partial charge < -0.3 is 19.5 Å². The Labute approximate surface area is 168 Å². The molecular weight excluding hydrogens is 395 g/mol. The number of hydrogen-bond donors (Lipinski definition) is 1. The number of urea groups is 1. The van der Waals surface area contributed by atoms with Crippen molar-refractivity contribution in [3.05, 3.63) is 45.1 Å². The summed E-state index contributed by atoms with van der Waals surface area (Å²) in [5.74, 6) is -0.562. The molecule has 0 saturated heterocycles. The van der Waals surface area contributed by atoms with E-state index >= 15 is 0 Å². The molecule has 1 aliphatic rings. The predicted molar refractivity (Wildman–Crippen MR) is 102 cm³/mol. The number of allylic oxidation sites excluding steroid dienone is 1. The topological polar surface area (TPSA) is 77.1 Å². The molecule has 0 aliphatic carbocycles. The fourth-order valence-corrected chi connectivity index (χ4v) is 3.19. The van der Waals surface area contributed by atoms with Gasteiger partial charge in [-0.3, -0.25) is 4.90 Å². The summed E-state index contributed by atoms with van der Waals surface area (Å²) in [7, 11) is 3.05. The first kappa shape index (κ1) is 21.5. The Morgan fingerprint density at radius 2 is 1.89 bits per heavy atom. The van der Waals surface area contributed by atoms with E-state index in [0.29, 0.717) is 29.4 Å². The standard InChI is InChI=1S/C18H22Cl2N2O5/c1-11-14(17(23)27-10-9-26-3)16(12-5-4-6-13(19)15(12)20)21-18(24)22(11)7-8-25-2/h4-6,16H,7-10H2,1-3H3,(H,21,24). The smallest absolute Gasteiger partial charge is 0.338 e. The second-order valence-corrected chi connectivity index (χ2v) is 6.58. The lowest BCUT2D eigenvalue weighted by molar-refractivity contribution is -0.140. The molecule has 0 spiro atoms. The van der Waals surface area contributed by atoms with Gasteiger partial charge in [0.25, 0.3) is 0 Å². The Morgan fingerprint density at radius 3 is 2.56 bits per heavy atom. The SMILES string of the molecule is COCCOC(=O)C1=C(C)N(CCOC)C(=O)NC1c1cccc(Cl)c1Cl. The van der Waals surface area contributed by atoms with Gasteiger partial charge in [-0.25, -0.2) is 9.59 Å². The summed E-state index contributed by atoms with van der Waals surface area (Å²) in [6.07, 6.45) is 0. The lowest BCUT2D eigenvalue weighted by atomic mass is 9.95. The van der Waals surface area contributed by atoms with Crippen molar-refractivity contribution in [2.75, 3.05) is 40.6 Å². The molecule has 2 amide bonds. The molecule has 1 heterocycles. The quantitative estimate of drug-likeness (QED) is 0.520. The molecular formula is C18H22Cl2N2O5. The zero-order valence-corrected chi connectivity index (χ0v) is 16.9. The maximum atomic E-state index is 12.8. The number of hydrogen-bond acceptors (Lipinski definition) is 5. The van der Waals surface area contributed by atoms with Gasteiger partial charge >= 0.3 is 12.0 Å². The molecule has 0 radical (unpaired) electrons. The van der Waals surface area contributed by atoms with Gasteiger partial charge in [0, 0.05) is 19.9 Å². The minimum Gasteiger partial charge on any atom is -0.460 e. The van der Waals surface area contributed by atoms with Crippen molar-refractivity contribution in [2.45, 2.75) is 13.0 Å². The van der Waals surface area contributed by atoms with Crippen molar-refractivity contribution in [1.29, 1.82) is 0 Å². The average molecular weight is 417 g/mol. The van der Waals surface area contributed by atoms with E-state index in [1.165, 1.54) is 19.1 Å². The van der Waals surface area contributed by atoms with Crippen molar-refractivity contribution in [1.82, 2.24) is 10.2 Å². The highest BCUT2D eigenvalue weighted by Gasteiger charge is 2.37. The maximum absolute atomic E-state index is 12.8. The highest BCUT2D eigenvalue weighted by Crippen LogP contribution is 2.37. The van der Waals surface area contributed by atoms with E-state index < -0.39 is 12.0 Å². The Balaban J connectivity index is 2.47. The van der Waals surface area contributed by atoms with Crippen LogP contribution >= 0.6 is 23.2 Å². The van der Waals surface area contributed by atoms with Crippen molar-refractivity contribution in [2.24, 2.45) is 0 Å². The largest absolute Gasteiger partial charge is 0.460 e. The number of carbonyl (C=O) groups is 2. The summed E-state index contributed by atoms with van der Waals surface area (Å²) in [6, 6.07) is 3.91. The predicted octanol–water partition coefficient (Wildman–Crippen LogP) is 3.17. The molecule has 1 atom stereocenters. The molecule has 1 aromatic carbocycles. The van der Waals surface area contributed by atoms with Crippen LogP contribution in [0.1, 0.15) is 18.5 Å². The normalized spacial score (nSPS) is 17.1. The summed E-state index contributed by atoms with van der Waals surface area (Å²) < 4.78 is 15.3. The third-order valence-electron chi connectivity index (χ3n) is 4.15. The molecule has 9 heteroatoms. The summed E-state index contributed by atoms with van der Waals surface area (Å²) in [5.41, 5.74) is 1.27. The van der Waals surface area contributed by atoms with Crippen molar-refractivity contribution < 1.29 is 23.8 Å². The molecule has 0 aromatic heterocycles. The minimum atomic E-state index is -0.780. The molecule has 1 aliphatic heterocycles. The van der Waals surface area contributed by atoms with Crippen molar-refractivity contribution >= 4 is 35.2 Å². The molecule has 7 nitrogen and oxygen atoms in total. The van der Waals surface area contributed by atoms with Crippen LogP contribution in [0.4, 0.5) is 4.79 Å². The van der Waals surface area contributed by atoms with Crippen LogP contribution in [0.5, 0.6) is 0 Å². The summed E-state index contributed by atoms with van der Waals surface area (Å²) in [4.78, 5) is 26.8. The van der Waals surface area contributed by atoms with Crippen LogP contribution in [-0.4, -0.2) is 57.5 Å². The maximum Gasteiger partial charge on any atom is 0.338 e. The fourth-order valence-electron chi connectivity index (χ4n) is 2.77. The number of amides is 2. The van der Waals surface area contributed by atoms with Crippen molar-refractivity contribution in [3.8, 4) is 0 Å². The first-order chi connectivity index (χ1) is 12.9. The van der Waals surface area contributed by atoms with Gasteiger partial charge in [-0.05, 0) is 18.6 Å². The van der Waals surface area contributed by atoms with E-state index in [-0.39, 0.29) is 29.8 Å². The lowest BCUT2D eigenvalue weighted by Gasteiger charge is -2.35. The van der Waals surface area contributed by atoms with Crippen LogP contribution in [0.2, 0.25) is 10.0 Å². The second kappa shape index (κ2) is 9.94. The van der Waals surface area contributed by atoms with Crippen LogP contribution in [-0.2, 0) is 19.0 Å². The fraction of sp³-hybridized carbons (Fsp3) is 0.444. The number of ether oxygens (including phenoxy) is 3. The molecule has 148 valence electrons. The van der Waals surface area contributed by atoms with Crippen LogP contribution < -0.4 is 5.32 Å². The van der Waals surface area contributed by atoms with E-state index in [1.54, 1.807) is 25.1 Å². The van der Waals surface area contributed by atoms with Crippen LogP contribution in [0.25, 0.3) is 0 Å². The van der Waals surface area contributed by atoms with Gasteiger partial charge in [0.2, 0.25) is 0 Å². The molecule has 1 N–H and O–H groups in total. The highest BCUT2D eigenvalue weighted by molar-refractivity contribution is 6.42. The third kappa shape index (κ3) is 4.93. The molecule has 0 fully saturated rings. The van der Waals surface area contributed by atoms with Crippen LogP contribution in [0, 0.1) is 0 Å². The molecule has 2 rings (SSSR count). The summed E-state index contributed by atoms with van der Waals surface area (Å²) in [6.45, 7) is 2.65. The Hall–Kier alpha value is -1.80. The average Bonchev–Trinajstić information content (AvgIpc) is 2.63. The number of rotatable bonds is 8. The Morgan fingerprint density at radius 1 is 1.19 bits per heavy atom. The van der Waals surface area contributed by atoms with E-state index in [0.717, 1.165) is 0 Å². The monoisotopic (exact) mass is 416 g/mol. The molecule has 1 unspecified atom stereocenters. The molecule has 1 aromatic rings. The number of nitrogens with zero attached hydrogens (tertiary/aromatic N) is 1. The molecule has 0 saturated carbocycles. The number of esters is 1. The van der Waals surface area contributed by atoms with E-state index in [4.69, 9.17) is 37.4 Å². The molecule has 0 bridgehead atoms. The third-order valence-corrected chi connectivity index (χ3v) is 4.98. The number of nitrogens with one attached hydrogen (secondary N) is 1. The molecule has 27 heavy (non-hydrogen) atoms. The lowest BCUT2D eigenvalue weighted by Crippen LogP contribution is -2.49. The zero-order valence-electron chi connectivity index (χ0n) is 15.4. The zero-order chi connectivity index (χ0) is 20.0. The van der Waals surface area contributed by atoms with Gasteiger partial charge in [0.05, 0.1) is 41.4 Å². The number of methoxy groups -OCH3 is 2. The van der Waals surface area contributed by atoms with Gasteiger partial charge in [0.15, 0.2) is 0 Å².